The van der Waals surface area contributed by atoms with Gasteiger partial charge in [-0.2, -0.15) is 5.06 Å². The zero-order valence-electron chi connectivity index (χ0n) is 13.3. The van der Waals surface area contributed by atoms with Crippen molar-refractivity contribution in [3.8, 4) is 5.75 Å². The fraction of sp³-hybridized carbons (Fsp3) is 0.211. The van der Waals surface area contributed by atoms with E-state index in [2.05, 4.69) is 4.90 Å². The fourth-order valence-electron chi connectivity index (χ4n) is 2.64. The standard InChI is InChI=1S/C19H20N2O3/c22-18-8-1-15(2-9-18)3-10-19(23)16-4-6-17(7-5-16)20-11-13-21(24)14-12-20/h1-10,22,24H,11-14H2/b10-3+. The molecule has 1 aliphatic rings. The van der Waals surface area contributed by atoms with Crippen molar-refractivity contribution in [1.82, 2.24) is 5.06 Å². The highest BCUT2D eigenvalue weighted by Gasteiger charge is 2.15. The Bertz CT molecular complexity index is 715. The SMILES string of the molecule is O=C(/C=C/c1ccc(O)cc1)c1ccc(N2CCN(O)CC2)cc1. The Morgan fingerprint density at radius 2 is 1.54 bits per heavy atom. The lowest BCUT2D eigenvalue weighted by Gasteiger charge is -2.32. The van der Waals surface area contributed by atoms with Crippen LogP contribution in [0.1, 0.15) is 15.9 Å². The number of carbonyl (C=O) groups is 1. The molecule has 0 atom stereocenters. The van der Waals surface area contributed by atoms with Crippen LogP contribution in [-0.4, -0.2) is 47.3 Å². The van der Waals surface area contributed by atoms with E-state index in [4.69, 9.17) is 0 Å². The third kappa shape index (κ3) is 4.01. The zero-order valence-corrected chi connectivity index (χ0v) is 13.3. The van der Waals surface area contributed by atoms with E-state index in [9.17, 15) is 15.1 Å². The van der Waals surface area contributed by atoms with Gasteiger partial charge in [-0.15, -0.1) is 0 Å². The molecule has 0 saturated carbocycles. The average molecular weight is 324 g/mol. The molecule has 2 aromatic carbocycles. The Morgan fingerprint density at radius 3 is 2.17 bits per heavy atom. The molecule has 124 valence electrons. The minimum absolute atomic E-state index is 0.0604. The number of allylic oxidation sites excluding steroid dienone is 1. The van der Waals surface area contributed by atoms with Gasteiger partial charge in [-0.3, -0.25) is 4.79 Å². The van der Waals surface area contributed by atoms with E-state index < -0.39 is 0 Å². The third-order valence-corrected chi connectivity index (χ3v) is 4.09. The van der Waals surface area contributed by atoms with Gasteiger partial charge in [0, 0.05) is 37.4 Å². The molecule has 5 heteroatoms. The summed E-state index contributed by atoms with van der Waals surface area (Å²) in [4.78, 5) is 14.4. The smallest absolute Gasteiger partial charge is 0.185 e. The molecular weight excluding hydrogens is 304 g/mol. The van der Waals surface area contributed by atoms with Gasteiger partial charge in [0.15, 0.2) is 5.78 Å². The van der Waals surface area contributed by atoms with Gasteiger partial charge in [0.25, 0.3) is 0 Å². The normalized spacial score (nSPS) is 15.8. The summed E-state index contributed by atoms with van der Waals surface area (Å²) in [7, 11) is 0. The van der Waals surface area contributed by atoms with Crippen LogP contribution in [0.15, 0.2) is 54.6 Å². The third-order valence-electron chi connectivity index (χ3n) is 4.09. The molecule has 0 unspecified atom stereocenters. The Morgan fingerprint density at radius 1 is 0.917 bits per heavy atom. The van der Waals surface area contributed by atoms with E-state index in [1.165, 1.54) is 11.1 Å². The van der Waals surface area contributed by atoms with Crippen LogP contribution in [0, 0.1) is 0 Å². The molecule has 24 heavy (non-hydrogen) atoms. The van der Waals surface area contributed by atoms with E-state index in [-0.39, 0.29) is 11.5 Å². The first kappa shape index (κ1) is 16.2. The van der Waals surface area contributed by atoms with Crippen LogP contribution in [-0.2, 0) is 0 Å². The number of carbonyl (C=O) groups excluding carboxylic acids is 1. The van der Waals surface area contributed by atoms with Gasteiger partial charge in [-0.1, -0.05) is 18.2 Å². The fourth-order valence-corrected chi connectivity index (χ4v) is 2.64. The number of benzene rings is 2. The Kier molecular flexibility index (Phi) is 4.93. The minimum atomic E-state index is -0.0604. The van der Waals surface area contributed by atoms with Crippen molar-refractivity contribution in [2.24, 2.45) is 0 Å². The van der Waals surface area contributed by atoms with Crippen molar-refractivity contribution in [3.63, 3.8) is 0 Å². The molecule has 0 bridgehead atoms. The average Bonchev–Trinajstić information content (AvgIpc) is 2.62. The van der Waals surface area contributed by atoms with Gasteiger partial charge < -0.3 is 15.2 Å². The van der Waals surface area contributed by atoms with Crippen molar-refractivity contribution >= 4 is 17.5 Å². The first-order chi connectivity index (χ1) is 11.6. The van der Waals surface area contributed by atoms with E-state index in [1.54, 1.807) is 30.3 Å². The zero-order chi connectivity index (χ0) is 16.9. The van der Waals surface area contributed by atoms with Gasteiger partial charge in [0.2, 0.25) is 0 Å². The summed E-state index contributed by atoms with van der Waals surface area (Å²) in [6.07, 6.45) is 3.27. The molecule has 1 heterocycles. The molecule has 0 aromatic heterocycles. The van der Waals surface area contributed by atoms with Crippen LogP contribution < -0.4 is 4.90 Å². The number of hydrogen-bond donors (Lipinski definition) is 2. The number of ketones is 1. The van der Waals surface area contributed by atoms with Crippen molar-refractivity contribution in [1.29, 1.82) is 0 Å². The lowest BCUT2D eigenvalue weighted by molar-refractivity contribution is -0.0935. The molecular formula is C19H20N2O3. The largest absolute Gasteiger partial charge is 0.508 e. The Hall–Kier alpha value is -2.63. The molecule has 3 rings (SSSR count). The molecule has 0 aliphatic carbocycles. The number of rotatable bonds is 4. The van der Waals surface area contributed by atoms with Crippen LogP contribution in [0.25, 0.3) is 6.08 Å². The first-order valence-corrected chi connectivity index (χ1v) is 7.92. The number of aromatic hydroxyl groups is 1. The lowest BCUT2D eigenvalue weighted by atomic mass is 10.1. The summed E-state index contributed by atoms with van der Waals surface area (Å²) in [6.45, 7) is 2.78. The second-order valence-electron chi connectivity index (χ2n) is 5.78. The molecule has 1 fully saturated rings. The maximum Gasteiger partial charge on any atom is 0.185 e. The van der Waals surface area contributed by atoms with Gasteiger partial charge >= 0.3 is 0 Å². The maximum atomic E-state index is 12.2. The Balaban J connectivity index is 1.64. The van der Waals surface area contributed by atoms with Crippen molar-refractivity contribution < 1.29 is 15.1 Å². The maximum absolute atomic E-state index is 12.2. The topological polar surface area (TPSA) is 64.0 Å². The molecule has 0 spiro atoms. The van der Waals surface area contributed by atoms with E-state index >= 15 is 0 Å². The van der Waals surface area contributed by atoms with Crippen LogP contribution in [0.5, 0.6) is 5.75 Å². The number of phenols is 1. The van der Waals surface area contributed by atoms with E-state index in [0.29, 0.717) is 18.7 Å². The van der Waals surface area contributed by atoms with E-state index in [0.717, 1.165) is 24.3 Å². The van der Waals surface area contributed by atoms with Gasteiger partial charge in [0.05, 0.1) is 0 Å². The number of nitrogens with zero attached hydrogens (tertiary/aromatic N) is 2. The predicted molar refractivity (Wildman–Crippen MR) is 93.5 cm³/mol. The molecule has 5 nitrogen and oxygen atoms in total. The summed E-state index contributed by atoms with van der Waals surface area (Å²) < 4.78 is 0. The second kappa shape index (κ2) is 7.29. The van der Waals surface area contributed by atoms with Crippen molar-refractivity contribution in [2.75, 3.05) is 31.1 Å². The first-order valence-electron chi connectivity index (χ1n) is 7.92. The number of phenolic OH excluding ortho intramolecular Hbond substituents is 1. The van der Waals surface area contributed by atoms with Crippen molar-refractivity contribution in [2.45, 2.75) is 0 Å². The quantitative estimate of drug-likeness (QED) is 0.669. The van der Waals surface area contributed by atoms with E-state index in [1.807, 2.05) is 24.3 Å². The monoisotopic (exact) mass is 324 g/mol. The highest BCUT2D eigenvalue weighted by molar-refractivity contribution is 6.06. The summed E-state index contributed by atoms with van der Waals surface area (Å²) in [6, 6.07) is 14.2. The highest BCUT2D eigenvalue weighted by Crippen LogP contribution is 2.18. The molecule has 2 N–H and O–H groups in total. The Labute approximate surface area is 141 Å². The number of hydroxylamine groups is 2. The highest BCUT2D eigenvalue weighted by atomic mass is 16.5. The molecule has 0 radical (unpaired) electrons. The number of piperazine rings is 1. The predicted octanol–water partition coefficient (Wildman–Crippen LogP) is 2.80. The van der Waals surface area contributed by atoms with Crippen molar-refractivity contribution in [3.05, 3.63) is 65.7 Å². The van der Waals surface area contributed by atoms with Crippen LogP contribution in [0.3, 0.4) is 0 Å². The molecule has 2 aromatic rings. The van der Waals surface area contributed by atoms with Crippen LogP contribution in [0.4, 0.5) is 5.69 Å². The summed E-state index contributed by atoms with van der Waals surface area (Å²) >= 11 is 0. The summed E-state index contributed by atoms with van der Waals surface area (Å²) in [5, 5.41) is 20.0. The van der Waals surface area contributed by atoms with Crippen LogP contribution in [0.2, 0.25) is 0 Å². The van der Waals surface area contributed by atoms with Gasteiger partial charge in [-0.25, -0.2) is 0 Å². The molecule has 1 saturated heterocycles. The number of hydrogen-bond acceptors (Lipinski definition) is 5. The number of anilines is 1. The van der Waals surface area contributed by atoms with Crippen LogP contribution >= 0.6 is 0 Å². The summed E-state index contributed by atoms with van der Waals surface area (Å²) in [5.41, 5.74) is 2.55. The minimum Gasteiger partial charge on any atom is -0.508 e. The second-order valence-corrected chi connectivity index (χ2v) is 5.78. The molecule has 1 aliphatic heterocycles. The van der Waals surface area contributed by atoms with Gasteiger partial charge in [0.1, 0.15) is 5.75 Å². The molecule has 0 amide bonds. The summed E-state index contributed by atoms with van der Waals surface area (Å²) in [5.74, 6) is 0.144. The lowest BCUT2D eigenvalue weighted by Crippen LogP contribution is -2.44. The van der Waals surface area contributed by atoms with Gasteiger partial charge in [-0.05, 0) is 48.0 Å².